The maximum Gasteiger partial charge on any atom is 0.118 e. The number of hydrogen-bond acceptors (Lipinski definition) is 3. The minimum atomic E-state index is 0.408. The van der Waals surface area contributed by atoms with E-state index in [4.69, 9.17) is 4.74 Å². The Morgan fingerprint density at radius 1 is 1.29 bits per heavy atom. The average molecular weight is 368 g/mol. The molecule has 0 spiro atoms. The molecule has 1 atom stereocenters. The van der Waals surface area contributed by atoms with Crippen molar-refractivity contribution >= 4 is 27.3 Å². The molecule has 1 heterocycles. The van der Waals surface area contributed by atoms with E-state index in [0.29, 0.717) is 6.04 Å². The van der Waals surface area contributed by atoms with Crippen molar-refractivity contribution < 1.29 is 4.74 Å². The van der Waals surface area contributed by atoms with Crippen molar-refractivity contribution in [2.75, 3.05) is 13.7 Å². The van der Waals surface area contributed by atoms with Gasteiger partial charge in [0, 0.05) is 20.3 Å². The Bertz CT molecular complexity index is 565. The first-order chi connectivity index (χ1) is 10.1. The zero-order valence-electron chi connectivity index (χ0n) is 12.8. The summed E-state index contributed by atoms with van der Waals surface area (Å²) >= 11 is 5.56. The van der Waals surface area contributed by atoms with E-state index in [2.05, 4.69) is 53.3 Å². The lowest BCUT2D eigenvalue weighted by atomic mass is 10.0. The maximum absolute atomic E-state index is 5.20. The molecule has 0 bridgehead atoms. The molecule has 21 heavy (non-hydrogen) atoms. The van der Waals surface area contributed by atoms with Crippen LogP contribution in [0.15, 0.2) is 34.8 Å². The molecule has 2 aromatic rings. The van der Waals surface area contributed by atoms with Crippen LogP contribution in [0.2, 0.25) is 0 Å². The molecular formula is C17H22BrNOS. The van der Waals surface area contributed by atoms with Crippen molar-refractivity contribution in [3.8, 4) is 5.75 Å². The normalized spacial score (nSPS) is 12.4. The number of nitrogens with one attached hydrogen (secondary N) is 1. The summed E-state index contributed by atoms with van der Waals surface area (Å²) in [5.41, 5.74) is 1.35. The van der Waals surface area contributed by atoms with Gasteiger partial charge in [-0.05, 0) is 66.0 Å². The fraction of sp³-hybridized carbons (Fsp3) is 0.412. The smallest absolute Gasteiger partial charge is 0.118 e. The monoisotopic (exact) mass is 367 g/mol. The maximum atomic E-state index is 5.20. The van der Waals surface area contributed by atoms with Crippen molar-refractivity contribution in [3.63, 3.8) is 0 Å². The topological polar surface area (TPSA) is 21.3 Å². The third kappa shape index (κ3) is 4.56. The zero-order chi connectivity index (χ0) is 15.2. The Kier molecular flexibility index (Phi) is 6.27. The van der Waals surface area contributed by atoms with E-state index in [0.717, 1.165) is 25.1 Å². The van der Waals surface area contributed by atoms with Crippen molar-refractivity contribution in [2.24, 2.45) is 0 Å². The predicted octanol–water partition coefficient (Wildman–Crippen LogP) is 5.11. The molecule has 1 aromatic heterocycles. The van der Waals surface area contributed by atoms with E-state index in [1.807, 2.05) is 23.5 Å². The molecule has 0 saturated heterocycles. The molecule has 0 aliphatic carbocycles. The van der Waals surface area contributed by atoms with E-state index in [-0.39, 0.29) is 0 Å². The standard InChI is InChI=1S/C17H22BrNOS/c1-4-19-16(17-15(18)11-12(2)21-17)10-7-13-5-8-14(20-3)9-6-13/h5-6,8-9,11,16,19H,4,7,10H2,1-3H3. The van der Waals surface area contributed by atoms with Crippen LogP contribution in [-0.2, 0) is 6.42 Å². The Hall–Kier alpha value is -0.840. The van der Waals surface area contributed by atoms with Gasteiger partial charge in [0.05, 0.1) is 7.11 Å². The minimum Gasteiger partial charge on any atom is -0.497 e. The lowest BCUT2D eigenvalue weighted by Crippen LogP contribution is -2.20. The van der Waals surface area contributed by atoms with Crippen LogP contribution in [0.1, 0.15) is 34.7 Å². The van der Waals surface area contributed by atoms with Crippen LogP contribution in [0, 0.1) is 6.92 Å². The molecule has 0 fully saturated rings. The largest absolute Gasteiger partial charge is 0.497 e. The Morgan fingerprint density at radius 3 is 2.52 bits per heavy atom. The summed E-state index contributed by atoms with van der Waals surface area (Å²) in [5, 5.41) is 3.60. The Labute approximate surface area is 139 Å². The van der Waals surface area contributed by atoms with Crippen LogP contribution in [0.5, 0.6) is 5.75 Å². The van der Waals surface area contributed by atoms with Crippen LogP contribution in [0.3, 0.4) is 0 Å². The van der Waals surface area contributed by atoms with Crippen LogP contribution in [-0.4, -0.2) is 13.7 Å². The summed E-state index contributed by atoms with van der Waals surface area (Å²) in [6, 6.07) is 11.0. The van der Waals surface area contributed by atoms with Crippen molar-refractivity contribution in [1.82, 2.24) is 5.32 Å². The summed E-state index contributed by atoms with van der Waals surface area (Å²) in [5.74, 6) is 0.915. The van der Waals surface area contributed by atoms with E-state index >= 15 is 0 Å². The number of methoxy groups -OCH3 is 1. The minimum absolute atomic E-state index is 0.408. The first-order valence-electron chi connectivity index (χ1n) is 7.26. The van der Waals surface area contributed by atoms with E-state index < -0.39 is 0 Å². The highest BCUT2D eigenvalue weighted by Crippen LogP contribution is 2.34. The summed E-state index contributed by atoms with van der Waals surface area (Å²) in [4.78, 5) is 2.76. The molecule has 0 saturated carbocycles. The molecule has 1 unspecified atom stereocenters. The number of halogens is 1. The fourth-order valence-electron chi connectivity index (χ4n) is 2.41. The van der Waals surface area contributed by atoms with E-state index in [1.54, 1.807) is 7.11 Å². The highest BCUT2D eigenvalue weighted by atomic mass is 79.9. The summed E-state index contributed by atoms with van der Waals surface area (Å²) in [6.45, 7) is 5.30. The number of benzene rings is 1. The third-order valence-electron chi connectivity index (χ3n) is 3.48. The molecule has 0 aliphatic heterocycles. The third-order valence-corrected chi connectivity index (χ3v) is 5.57. The second-order valence-corrected chi connectivity index (χ2v) is 7.21. The first kappa shape index (κ1) is 16.5. The second kappa shape index (κ2) is 7.97. The van der Waals surface area contributed by atoms with E-state index in [1.165, 1.54) is 19.8 Å². The number of rotatable bonds is 7. The van der Waals surface area contributed by atoms with Gasteiger partial charge in [0.15, 0.2) is 0 Å². The van der Waals surface area contributed by atoms with Crippen LogP contribution in [0.25, 0.3) is 0 Å². The van der Waals surface area contributed by atoms with Crippen molar-refractivity contribution in [3.05, 3.63) is 50.1 Å². The number of thiophene rings is 1. The molecule has 114 valence electrons. The predicted molar refractivity (Wildman–Crippen MR) is 94.5 cm³/mol. The molecular weight excluding hydrogens is 346 g/mol. The molecule has 0 radical (unpaired) electrons. The van der Waals surface area contributed by atoms with Crippen LogP contribution >= 0.6 is 27.3 Å². The molecule has 0 amide bonds. The average Bonchev–Trinajstić information content (AvgIpc) is 2.82. The highest BCUT2D eigenvalue weighted by molar-refractivity contribution is 9.10. The Balaban J connectivity index is 2.04. The van der Waals surface area contributed by atoms with E-state index in [9.17, 15) is 0 Å². The molecule has 1 N–H and O–H groups in total. The first-order valence-corrected chi connectivity index (χ1v) is 8.87. The van der Waals surface area contributed by atoms with Gasteiger partial charge in [-0.2, -0.15) is 0 Å². The van der Waals surface area contributed by atoms with Crippen LogP contribution in [0.4, 0.5) is 0 Å². The lowest BCUT2D eigenvalue weighted by Gasteiger charge is -2.17. The van der Waals surface area contributed by atoms with Gasteiger partial charge in [-0.1, -0.05) is 19.1 Å². The van der Waals surface area contributed by atoms with Gasteiger partial charge in [0.25, 0.3) is 0 Å². The van der Waals surface area contributed by atoms with Crippen molar-refractivity contribution in [1.29, 1.82) is 0 Å². The fourth-order valence-corrected chi connectivity index (χ4v) is 4.45. The summed E-state index contributed by atoms with van der Waals surface area (Å²) in [7, 11) is 1.70. The molecule has 4 heteroatoms. The highest BCUT2D eigenvalue weighted by Gasteiger charge is 2.16. The molecule has 2 rings (SSSR count). The van der Waals surface area contributed by atoms with Gasteiger partial charge in [-0.3, -0.25) is 0 Å². The Morgan fingerprint density at radius 2 is 2.00 bits per heavy atom. The van der Waals surface area contributed by atoms with Crippen LogP contribution < -0.4 is 10.1 Å². The van der Waals surface area contributed by atoms with Crippen molar-refractivity contribution in [2.45, 2.75) is 32.7 Å². The SMILES string of the molecule is CCNC(CCc1ccc(OC)cc1)c1sc(C)cc1Br. The lowest BCUT2D eigenvalue weighted by molar-refractivity contribution is 0.414. The molecule has 2 nitrogen and oxygen atoms in total. The second-order valence-electron chi connectivity index (χ2n) is 5.07. The van der Waals surface area contributed by atoms with Gasteiger partial charge >= 0.3 is 0 Å². The quantitative estimate of drug-likeness (QED) is 0.733. The number of ether oxygens (including phenoxy) is 1. The van der Waals surface area contributed by atoms with Gasteiger partial charge in [0.2, 0.25) is 0 Å². The molecule has 0 aliphatic rings. The number of hydrogen-bond donors (Lipinski definition) is 1. The molecule has 1 aromatic carbocycles. The van der Waals surface area contributed by atoms with Gasteiger partial charge < -0.3 is 10.1 Å². The van der Waals surface area contributed by atoms with Gasteiger partial charge in [-0.15, -0.1) is 11.3 Å². The number of aryl methyl sites for hydroxylation is 2. The van der Waals surface area contributed by atoms with Gasteiger partial charge in [0.1, 0.15) is 5.75 Å². The zero-order valence-corrected chi connectivity index (χ0v) is 15.2. The van der Waals surface area contributed by atoms with Gasteiger partial charge in [-0.25, -0.2) is 0 Å². The summed E-state index contributed by atoms with van der Waals surface area (Å²) in [6.07, 6.45) is 2.16. The summed E-state index contributed by atoms with van der Waals surface area (Å²) < 4.78 is 6.43.